The quantitative estimate of drug-likeness (QED) is 0.630. The van der Waals surface area contributed by atoms with Crippen molar-refractivity contribution in [2.45, 2.75) is 26.7 Å². The van der Waals surface area contributed by atoms with E-state index in [9.17, 15) is 0 Å². The summed E-state index contributed by atoms with van der Waals surface area (Å²) in [5.41, 5.74) is 4.27. The topological polar surface area (TPSA) is 51.5 Å². The first-order valence-corrected chi connectivity index (χ1v) is 8.84. The molecular weight excluding hydrogens is 312 g/mol. The number of ether oxygens (including phenoxy) is 1. The molecule has 0 aliphatic rings. The van der Waals surface area contributed by atoms with Crippen LogP contribution in [0, 0.1) is 5.92 Å². The molecule has 0 radical (unpaired) electrons. The molecule has 5 nitrogen and oxygen atoms in total. The van der Waals surface area contributed by atoms with Crippen molar-refractivity contribution in [2.75, 3.05) is 25.6 Å². The van der Waals surface area contributed by atoms with Gasteiger partial charge in [-0.15, -0.1) is 0 Å². The zero-order chi connectivity index (χ0) is 17.6. The summed E-state index contributed by atoms with van der Waals surface area (Å²) in [6, 6.07) is 12.6. The molecule has 0 amide bonds. The third kappa shape index (κ3) is 4.57. The van der Waals surface area contributed by atoms with Crippen LogP contribution in [0.3, 0.4) is 0 Å². The third-order valence-corrected chi connectivity index (χ3v) is 4.05. The zero-order valence-electron chi connectivity index (χ0n) is 15.2. The maximum absolute atomic E-state index is 5.06. The van der Waals surface area contributed by atoms with Crippen LogP contribution in [0.25, 0.3) is 16.9 Å². The molecule has 0 bridgehead atoms. The van der Waals surface area contributed by atoms with E-state index in [2.05, 4.69) is 53.5 Å². The summed E-state index contributed by atoms with van der Waals surface area (Å²) < 4.78 is 6.87. The molecule has 0 aliphatic heterocycles. The highest BCUT2D eigenvalue weighted by molar-refractivity contribution is 5.65. The SMILES string of the molecule is COCCCNc1ccn2nc(-c3ccc(CC(C)C)cc3)cc2n1. The van der Waals surface area contributed by atoms with E-state index in [0.29, 0.717) is 5.92 Å². The Morgan fingerprint density at radius 3 is 2.68 bits per heavy atom. The maximum atomic E-state index is 5.06. The Hall–Kier alpha value is -2.40. The molecule has 1 N–H and O–H groups in total. The van der Waals surface area contributed by atoms with E-state index in [1.165, 1.54) is 5.56 Å². The van der Waals surface area contributed by atoms with E-state index in [0.717, 1.165) is 48.7 Å². The molecule has 0 aliphatic carbocycles. The summed E-state index contributed by atoms with van der Waals surface area (Å²) in [4.78, 5) is 4.62. The maximum Gasteiger partial charge on any atom is 0.157 e. The van der Waals surface area contributed by atoms with Crippen molar-refractivity contribution in [3.05, 3.63) is 48.2 Å². The Bertz CT molecular complexity index is 808. The lowest BCUT2D eigenvalue weighted by Crippen LogP contribution is -2.06. The van der Waals surface area contributed by atoms with Gasteiger partial charge in [0.15, 0.2) is 5.65 Å². The number of hydrogen-bond donors (Lipinski definition) is 1. The van der Waals surface area contributed by atoms with Crippen LogP contribution < -0.4 is 5.32 Å². The van der Waals surface area contributed by atoms with Crippen LogP contribution in [0.5, 0.6) is 0 Å². The number of methoxy groups -OCH3 is 1. The molecule has 0 fully saturated rings. The van der Waals surface area contributed by atoms with Crippen molar-refractivity contribution >= 4 is 11.5 Å². The molecule has 3 aromatic rings. The number of nitrogens with zero attached hydrogens (tertiary/aromatic N) is 3. The minimum atomic E-state index is 0.667. The summed E-state index contributed by atoms with van der Waals surface area (Å²) in [7, 11) is 1.72. The van der Waals surface area contributed by atoms with Crippen molar-refractivity contribution in [3.8, 4) is 11.3 Å². The molecule has 0 saturated carbocycles. The molecule has 5 heteroatoms. The smallest absolute Gasteiger partial charge is 0.157 e. The van der Waals surface area contributed by atoms with E-state index in [1.807, 2.05) is 22.8 Å². The van der Waals surface area contributed by atoms with Crippen LogP contribution >= 0.6 is 0 Å². The van der Waals surface area contributed by atoms with E-state index < -0.39 is 0 Å². The van der Waals surface area contributed by atoms with Crippen molar-refractivity contribution in [3.63, 3.8) is 0 Å². The Kier molecular flexibility index (Phi) is 5.66. The van der Waals surface area contributed by atoms with Gasteiger partial charge in [0.2, 0.25) is 0 Å². The van der Waals surface area contributed by atoms with Gasteiger partial charge in [0.25, 0.3) is 0 Å². The van der Waals surface area contributed by atoms with E-state index in [-0.39, 0.29) is 0 Å². The van der Waals surface area contributed by atoms with E-state index in [1.54, 1.807) is 7.11 Å². The zero-order valence-corrected chi connectivity index (χ0v) is 15.2. The second kappa shape index (κ2) is 8.12. The standard InChI is InChI=1S/C20H26N4O/c1-15(2)13-16-5-7-17(8-6-16)18-14-20-22-19(9-11-24(20)23-18)21-10-4-12-25-3/h5-9,11,14-15H,4,10,12-13H2,1-3H3,(H,21,22). The van der Waals surface area contributed by atoms with Gasteiger partial charge in [-0.3, -0.25) is 0 Å². The van der Waals surface area contributed by atoms with Gasteiger partial charge < -0.3 is 10.1 Å². The van der Waals surface area contributed by atoms with Gasteiger partial charge in [-0.25, -0.2) is 9.50 Å². The molecule has 1 aromatic carbocycles. The normalized spacial score (nSPS) is 11.4. The minimum Gasteiger partial charge on any atom is -0.385 e. The highest BCUT2D eigenvalue weighted by Crippen LogP contribution is 2.21. The Morgan fingerprint density at radius 1 is 1.16 bits per heavy atom. The Labute approximate surface area is 149 Å². The van der Waals surface area contributed by atoms with Crippen LogP contribution in [0.2, 0.25) is 0 Å². The minimum absolute atomic E-state index is 0.667. The van der Waals surface area contributed by atoms with Crippen LogP contribution in [-0.4, -0.2) is 34.9 Å². The van der Waals surface area contributed by atoms with E-state index >= 15 is 0 Å². The fourth-order valence-corrected chi connectivity index (χ4v) is 2.84. The lowest BCUT2D eigenvalue weighted by molar-refractivity contribution is 0.198. The number of rotatable bonds is 8. The molecular formula is C20H26N4O. The summed E-state index contributed by atoms with van der Waals surface area (Å²) in [6.45, 7) is 6.07. The average Bonchev–Trinajstić information content (AvgIpc) is 3.02. The number of nitrogens with one attached hydrogen (secondary N) is 1. The monoisotopic (exact) mass is 338 g/mol. The number of fused-ring (bicyclic) bond motifs is 1. The number of anilines is 1. The molecule has 3 rings (SSSR count). The van der Waals surface area contributed by atoms with Crippen molar-refractivity contribution in [2.24, 2.45) is 5.92 Å². The molecule has 2 aromatic heterocycles. The Balaban J connectivity index is 1.74. The third-order valence-electron chi connectivity index (χ3n) is 4.05. The highest BCUT2D eigenvalue weighted by atomic mass is 16.5. The van der Waals surface area contributed by atoms with Gasteiger partial charge >= 0.3 is 0 Å². The van der Waals surface area contributed by atoms with Gasteiger partial charge in [0.1, 0.15) is 5.82 Å². The molecule has 0 atom stereocenters. The summed E-state index contributed by atoms with van der Waals surface area (Å²) in [6.07, 6.45) is 4.00. The first kappa shape index (κ1) is 17.4. The number of hydrogen-bond acceptors (Lipinski definition) is 4. The molecule has 2 heterocycles. The van der Waals surface area contributed by atoms with Gasteiger partial charge in [-0.1, -0.05) is 38.1 Å². The average molecular weight is 338 g/mol. The lowest BCUT2D eigenvalue weighted by Gasteiger charge is -2.05. The summed E-state index contributed by atoms with van der Waals surface area (Å²) >= 11 is 0. The van der Waals surface area contributed by atoms with Gasteiger partial charge in [0, 0.05) is 38.1 Å². The van der Waals surface area contributed by atoms with E-state index in [4.69, 9.17) is 4.74 Å². The Morgan fingerprint density at radius 2 is 1.96 bits per heavy atom. The molecule has 25 heavy (non-hydrogen) atoms. The predicted octanol–water partition coefficient (Wildman–Crippen LogP) is 4.04. The summed E-state index contributed by atoms with van der Waals surface area (Å²) in [5.74, 6) is 1.53. The van der Waals surface area contributed by atoms with Gasteiger partial charge in [0.05, 0.1) is 5.69 Å². The fraction of sp³-hybridized carbons (Fsp3) is 0.400. The van der Waals surface area contributed by atoms with Gasteiger partial charge in [-0.05, 0) is 30.4 Å². The van der Waals surface area contributed by atoms with Gasteiger partial charge in [-0.2, -0.15) is 5.10 Å². The van der Waals surface area contributed by atoms with Crippen molar-refractivity contribution in [1.29, 1.82) is 0 Å². The van der Waals surface area contributed by atoms with Crippen molar-refractivity contribution < 1.29 is 4.74 Å². The molecule has 0 spiro atoms. The summed E-state index contributed by atoms with van der Waals surface area (Å²) in [5, 5.41) is 7.94. The number of aromatic nitrogens is 3. The second-order valence-electron chi connectivity index (χ2n) is 6.71. The van der Waals surface area contributed by atoms with Crippen LogP contribution in [0.4, 0.5) is 5.82 Å². The van der Waals surface area contributed by atoms with Crippen LogP contribution in [0.1, 0.15) is 25.8 Å². The molecule has 0 saturated heterocycles. The van der Waals surface area contributed by atoms with Crippen LogP contribution in [-0.2, 0) is 11.2 Å². The second-order valence-corrected chi connectivity index (χ2v) is 6.71. The molecule has 132 valence electrons. The predicted molar refractivity (Wildman–Crippen MR) is 102 cm³/mol. The first-order valence-electron chi connectivity index (χ1n) is 8.84. The largest absolute Gasteiger partial charge is 0.385 e. The first-order chi connectivity index (χ1) is 12.2. The van der Waals surface area contributed by atoms with Crippen molar-refractivity contribution in [1.82, 2.24) is 14.6 Å². The lowest BCUT2D eigenvalue weighted by atomic mass is 10.0. The van der Waals surface area contributed by atoms with Crippen LogP contribution in [0.15, 0.2) is 42.6 Å². The molecule has 0 unspecified atom stereocenters. The fourth-order valence-electron chi connectivity index (χ4n) is 2.84. The number of benzene rings is 1. The highest BCUT2D eigenvalue weighted by Gasteiger charge is 2.07.